The molecule has 10 nitrogen and oxygen atoms in total. The summed E-state index contributed by atoms with van der Waals surface area (Å²) in [5.74, 6) is 0. The van der Waals surface area contributed by atoms with Gasteiger partial charge in [-0.2, -0.15) is 52.7 Å². The van der Waals surface area contributed by atoms with E-state index in [0.29, 0.717) is 0 Å². The maximum absolute atomic E-state index is 11.4. The molecule has 0 N–H and O–H groups in total. The van der Waals surface area contributed by atoms with Crippen LogP contribution in [-0.4, -0.2) is 55.7 Å². The predicted molar refractivity (Wildman–Crippen MR) is 66.6 cm³/mol. The predicted octanol–water partition coefficient (Wildman–Crippen LogP) is 2.12. The molecule has 0 aromatic rings. The number of hydrogen-bond donors (Lipinski definition) is 0. The summed E-state index contributed by atoms with van der Waals surface area (Å²) in [6.45, 7) is 0. The first kappa shape index (κ1) is 35.2. The van der Waals surface area contributed by atoms with Crippen LogP contribution >= 0.6 is 0 Å². The number of rotatable bonds is 4. The molecule has 0 fully saturated rings. The summed E-state index contributed by atoms with van der Waals surface area (Å²) in [5.41, 5.74) is -24.8. The van der Waals surface area contributed by atoms with E-state index in [0.717, 1.165) is 8.25 Å². The van der Waals surface area contributed by atoms with E-state index in [2.05, 4.69) is 0 Å². The zero-order valence-electron chi connectivity index (χ0n) is 12.6. The normalized spacial score (nSPS) is 14.8. The Labute approximate surface area is 179 Å². The fourth-order valence-electron chi connectivity index (χ4n) is 0.427. The molecule has 0 aliphatic rings. The van der Waals surface area contributed by atoms with Crippen LogP contribution in [0.1, 0.15) is 0 Å². The van der Waals surface area contributed by atoms with Gasteiger partial charge in [0, 0.05) is 0 Å². The van der Waals surface area contributed by atoms with Crippen LogP contribution in [0.5, 0.6) is 0 Å². The van der Waals surface area contributed by atoms with E-state index in [9.17, 15) is 86.4 Å². The molecule has 193 valence electrons. The van der Waals surface area contributed by atoms with Crippen molar-refractivity contribution in [3.05, 3.63) is 8.25 Å². The first-order valence-electron chi connectivity index (χ1n) is 5.15. The van der Waals surface area contributed by atoms with E-state index < -0.39 is 62.1 Å². The molecule has 0 saturated heterocycles. The third kappa shape index (κ3) is 9.96. The van der Waals surface area contributed by atoms with Gasteiger partial charge in [-0.05, 0) is 0 Å². The number of nitrogens with zero attached hydrogens (tertiary/aromatic N) is 2. The van der Waals surface area contributed by atoms with Gasteiger partial charge in [0.25, 0.3) is 0 Å². The van der Waals surface area contributed by atoms with Gasteiger partial charge in [-0.15, -0.1) is 0 Å². The van der Waals surface area contributed by atoms with Gasteiger partial charge in [0.1, 0.15) is 0 Å². The van der Waals surface area contributed by atoms with Crippen molar-refractivity contribution < 1.29 is 109 Å². The molecule has 0 rings (SSSR count). The number of halogens is 12. The molecule has 0 atom stereocenters. The number of sulfonamides is 4. The third-order valence-electron chi connectivity index (χ3n) is 1.56. The summed E-state index contributed by atoms with van der Waals surface area (Å²) < 4.78 is 218. The van der Waals surface area contributed by atoms with Gasteiger partial charge in [-0.25, -0.2) is 33.7 Å². The van der Waals surface area contributed by atoms with Crippen molar-refractivity contribution in [3.8, 4) is 0 Å². The standard InChI is InChI=1S/2C2F6NO4S2.Ag/c2*3-1(4,5)14(10,11)9-15(12,13)2(6,7)8;/q2*-1;+2. The van der Waals surface area contributed by atoms with Crippen LogP contribution in [0.15, 0.2) is 0 Å². The molecule has 0 spiro atoms. The van der Waals surface area contributed by atoms with Gasteiger partial charge < -0.3 is 8.25 Å². The van der Waals surface area contributed by atoms with Crippen LogP contribution in [0, 0.1) is 0 Å². The average molecular weight is 668 g/mol. The first-order valence-corrected chi connectivity index (χ1v) is 10.9. The molecule has 0 bridgehead atoms. The topological polar surface area (TPSA) is 165 Å². The zero-order chi connectivity index (χ0) is 25.4. The summed E-state index contributed by atoms with van der Waals surface area (Å²) in [4.78, 5) is 0. The van der Waals surface area contributed by atoms with Crippen LogP contribution in [0.3, 0.4) is 0 Å². The summed E-state index contributed by atoms with van der Waals surface area (Å²) in [7, 11) is -26.9. The molecular weight excluding hydrogens is 668 g/mol. The molecule has 0 aliphatic heterocycles. The maximum Gasteiger partial charge on any atom is 2.00 e. The SMILES string of the molecule is O=S(=O)([N-]S(=O)(=O)C(F)(F)F)C(F)(F)F.O=S(=O)([N-]S(=O)(=O)C(F)(F)F)C(F)(F)F.[Ag+2]. The quantitative estimate of drug-likeness (QED) is 0.325. The maximum atomic E-state index is 11.4. The molecule has 0 heterocycles. The molecule has 0 aromatic heterocycles. The number of hydrogen-bond acceptors (Lipinski definition) is 8. The molecular formula is C4AgF12N2O8S4. The van der Waals surface area contributed by atoms with E-state index in [1.54, 1.807) is 0 Å². The minimum atomic E-state index is -6.72. The molecule has 0 aromatic carbocycles. The largest absolute Gasteiger partial charge is 2.00 e. The Morgan fingerprint density at radius 3 is 0.516 bits per heavy atom. The Balaban J connectivity index is -0.000000490. The minimum absolute atomic E-state index is 0. The average Bonchev–Trinajstić information content (AvgIpc) is 2.30. The van der Waals surface area contributed by atoms with Crippen LogP contribution < -0.4 is 0 Å². The fraction of sp³-hybridized carbons (Fsp3) is 1.00. The van der Waals surface area contributed by atoms with Crippen molar-refractivity contribution in [3.63, 3.8) is 0 Å². The van der Waals surface area contributed by atoms with E-state index in [4.69, 9.17) is 0 Å². The first-order chi connectivity index (χ1) is 12.4. The van der Waals surface area contributed by atoms with Crippen LogP contribution in [0.4, 0.5) is 52.7 Å². The van der Waals surface area contributed by atoms with Crippen LogP contribution in [0.2, 0.25) is 0 Å². The molecule has 27 heteroatoms. The molecule has 1 radical (unpaired) electrons. The van der Waals surface area contributed by atoms with Crippen molar-refractivity contribution in [1.82, 2.24) is 0 Å². The molecule has 0 amide bonds. The van der Waals surface area contributed by atoms with E-state index >= 15 is 0 Å². The molecule has 31 heavy (non-hydrogen) atoms. The Bertz CT molecular complexity index is 862. The van der Waals surface area contributed by atoms with Crippen LogP contribution in [-0.2, 0) is 62.5 Å². The monoisotopic (exact) mass is 667 g/mol. The summed E-state index contributed by atoms with van der Waals surface area (Å²) in [6, 6.07) is 0. The summed E-state index contributed by atoms with van der Waals surface area (Å²) >= 11 is 0. The van der Waals surface area contributed by atoms with E-state index in [-0.39, 0.29) is 22.4 Å². The second kappa shape index (κ2) is 9.85. The molecule has 0 saturated carbocycles. The van der Waals surface area contributed by atoms with Gasteiger partial charge in [0.2, 0.25) is 0 Å². The van der Waals surface area contributed by atoms with Gasteiger partial charge >= 0.3 is 44.4 Å². The second-order valence-corrected chi connectivity index (χ2v) is 10.7. The van der Waals surface area contributed by atoms with Gasteiger partial charge in [0.05, 0.1) is 0 Å². The summed E-state index contributed by atoms with van der Waals surface area (Å²) in [6.07, 6.45) is 0. The van der Waals surface area contributed by atoms with Gasteiger partial charge in [0.15, 0.2) is 40.1 Å². The Kier molecular flexibility index (Phi) is 11.2. The van der Waals surface area contributed by atoms with Crippen molar-refractivity contribution in [2.75, 3.05) is 0 Å². The molecule has 0 aliphatic carbocycles. The Morgan fingerprint density at radius 2 is 0.452 bits per heavy atom. The Morgan fingerprint density at radius 1 is 0.355 bits per heavy atom. The third-order valence-corrected chi connectivity index (χ3v) is 7.04. The van der Waals surface area contributed by atoms with Crippen molar-refractivity contribution in [2.24, 2.45) is 0 Å². The van der Waals surface area contributed by atoms with E-state index in [1.165, 1.54) is 0 Å². The minimum Gasteiger partial charge on any atom is -0.421 e. The van der Waals surface area contributed by atoms with Crippen molar-refractivity contribution in [1.29, 1.82) is 0 Å². The van der Waals surface area contributed by atoms with Crippen molar-refractivity contribution in [2.45, 2.75) is 22.0 Å². The van der Waals surface area contributed by atoms with E-state index in [1.807, 2.05) is 0 Å². The van der Waals surface area contributed by atoms with Crippen LogP contribution in [0.25, 0.3) is 8.25 Å². The fourth-order valence-corrected chi connectivity index (χ4v) is 3.85. The number of alkyl halides is 12. The van der Waals surface area contributed by atoms with Crippen molar-refractivity contribution >= 4 is 40.1 Å². The molecule has 0 unspecified atom stereocenters. The smallest absolute Gasteiger partial charge is 0.421 e. The Hall–Kier alpha value is -0.380. The summed E-state index contributed by atoms with van der Waals surface area (Å²) in [5, 5.41) is 0. The zero-order valence-corrected chi connectivity index (χ0v) is 17.4. The second-order valence-electron chi connectivity index (χ2n) is 3.83. The van der Waals surface area contributed by atoms with Gasteiger partial charge in [-0.1, -0.05) is 0 Å². The van der Waals surface area contributed by atoms with Gasteiger partial charge in [-0.3, -0.25) is 0 Å².